The number of rotatable bonds is 4. The molecule has 10 heteroatoms. The number of fused-ring (bicyclic) bond motifs is 5. The molecule has 3 atom stereocenters. The van der Waals surface area contributed by atoms with Gasteiger partial charge in [0.25, 0.3) is 0 Å². The van der Waals surface area contributed by atoms with Crippen molar-refractivity contribution in [1.29, 1.82) is 0 Å². The normalized spacial score (nSPS) is 29.5. The van der Waals surface area contributed by atoms with Crippen LogP contribution in [0.2, 0.25) is 5.15 Å². The SMILES string of the molecule is O=C(O)C1C2CCC(CC2)C1NC1N=C(c2c[nH]c3ncc(Cl)nc23)Nc2sccc21. The second-order valence-corrected chi connectivity index (χ2v) is 9.84. The molecule has 31 heavy (non-hydrogen) atoms. The average Bonchev–Trinajstić information content (AvgIpc) is 3.41. The number of carbonyl (C=O) groups is 1. The number of thiophene rings is 1. The number of hydrogen-bond acceptors (Lipinski definition) is 7. The molecule has 0 spiro atoms. The van der Waals surface area contributed by atoms with Gasteiger partial charge in [-0.3, -0.25) is 10.1 Å². The average molecular weight is 457 g/mol. The number of anilines is 1. The zero-order valence-electron chi connectivity index (χ0n) is 16.5. The highest BCUT2D eigenvalue weighted by Crippen LogP contribution is 2.47. The predicted octanol–water partition coefficient (Wildman–Crippen LogP) is 4.02. The van der Waals surface area contributed by atoms with Crippen molar-refractivity contribution >= 4 is 50.9 Å². The molecule has 160 valence electrons. The van der Waals surface area contributed by atoms with E-state index >= 15 is 0 Å². The van der Waals surface area contributed by atoms with Gasteiger partial charge in [-0.15, -0.1) is 11.3 Å². The first-order valence-corrected chi connectivity index (χ1v) is 11.8. The van der Waals surface area contributed by atoms with Crippen molar-refractivity contribution < 1.29 is 9.90 Å². The molecule has 0 aromatic carbocycles. The number of nitrogens with one attached hydrogen (secondary N) is 3. The predicted molar refractivity (Wildman–Crippen MR) is 120 cm³/mol. The molecular weight excluding hydrogens is 436 g/mol. The largest absolute Gasteiger partial charge is 0.481 e. The molecule has 3 aliphatic carbocycles. The van der Waals surface area contributed by atoms with Crippen LogP contribution in [0.5, 0.6) is 0 Å². The Morgan fingerprint density at radius 3 is 2.87 bits per heavy atom. The molecule has 3 aromatic heterocycles. The highest BCUT2D eigenvalue weighted by atomic mass is 35.5. The standard InChI is InChI=1S/C21H21ClN6O2S/c22-13-8-24-19-16(25-13)12(7-23-19)18-27-17(11-5-6-31-20(11)28-18)26-15-10-3-1-9(2-4-10)14(15)21(29)30/h5-10,14-15,17,26H,1-4H2,(H,23,24)(H,27,28)(H,29,30). The van der Waals surface area contributed by atoms with Gasteiger partial charge in [0, 0.05) is 17.8 Å². The van der Waals surface area contributed by atoms with Crippen molar-refractivity contribution in [3.8, 4) is 0 Å². The van der Waals surface area contributed by atoms with E-state index in [-0.39, 0.29) is 24.0 Å². The highest BCUT2D eigenvalue weighted by Gasteiger charge is 2.48. The van der Waals surface area contributed by atoms with Gasteiger partial charge >= 0.3 is 5.97 Å². The molecule has 2 bridgehead atoms. The number of carboxylic acids is 1. The summed E-state index contributed by atoms with van der Waals surface area (Å²) in [5.74, 6) is 0.235. The Labute approximate surface area is 187 Å². The Bertz CT molecular complexity index is 1200. The van der Waals surface area contributed by atoms with Gasteiger partial charge < -0.3 is 15.4 Å². The van der Waals surface area contributed by atoms with Crippen molar-refractivity contribution in [3.63, 3.8) is 0 Å². The van der Waals surface area contributed by atoms with E-state index in [0.717, 1.165) is 41.8 Å². The summed E-state index contributed by atoms with van der Waals surface area (Å²) in [6.07, 6.45) is 7.21. The van der Waals surface area contributed by atoms with Crippen LogP contribution in [0, 0.1) is 17.8 Å². The lowest BCUT2D eigenvalue weighted by Gasteiger charge is -2.48. The van der Waals surface area contributed by atoms with Crippen LogP contribution in [-0.4, -0.2) is 37.9 Å². The lowest BCUT2D eigenvalue weighted by Crippen LogP contribution is -2.55. The fraction of sp³-hybridized carbons (Fsp3) is 0.429. The molecule has 7 rings (SSSR count). The van der Waals surface area contributed by atoms with E-state index in [1.54, 1.807) is 11.3 Å². The van der Waals surface area contributed by atoms with Gasteiger partial charge in [-0.2, -0.15) is 0 Å². The Kier molecular flexibility index (Phi) is 4.52. The molecule has 3 aromatic rings. The van der Waals surface area contributed by atoms with Crippen LogP contribution in [0.4, 0.5) is 5.00 Å². The minimum Gasteiger partial charge on any atom is -0.481 e. The quantitative estimate of drug-likeness (QED) is 0.471. The molecule has 3 unspecified atom stereocenters. The van der Waals surface area contributed by atoms with Crippen LogP contribution < -0.4 is 10.6 Å². The Hall–Kier alpha value is -2.49. The van der Waals surface area contributed by atoms with Crippen LogP contribution >= 0.6 is 22.9 Å². The number of aromatic nitrogens is 3. The van der Waals surface area contributed by atoms with E-state index in [1.165, 1.54) is 6.20 Å². The molecule has 0 saturated heterocycles. The first kappa shape index (κ1) is 19.2. The van der Waals surface area contributed by atoms with Gasteiger partial charge in [-0.05, 0) is 49.0 Å². The summed E-state index contributed by atoms with van der Waals surface area (Å²) in [5.41, 5.74) is 3.12. The number of amidine groups is 1. The third-order valence-electron chi connectivity index (χ3n) is 6.94. The summed E-state index contributed by atoms with van der Waals surface area (Å²) < 4.78 is 0. The maximum Gasteiger partial charge on any atom is 0.308 e. The summed E-state index contributed by atoms with van der Waals surface area (Å²) >= 11 is 7.68. The van der Waals surface area contributed by atoms with E-state index in [2.05, 4.69) is 25.6 Å². The maximum absolute atomic E-state index is 12.1. The summed E-state index contributed by atoms with van der Waals surface area (Å²) in [6.45, 7) is 0. The van der Waals surface area contributed by atoms with Crippen LogP contribution in [0.1, 0.15) is 43.0 Å². The minimum absolute atomic E-state index is 0.0805. The first-order valence-electron chi connectivity index (χ1n) is 10.5. The zero-order chi connectivity index (χ0) is 21.1. The Morgan fingerprint density at radius 2 is 2.06 bits per heavy atom. The smallest absolute Gasteiger partial charge is 0.308 e. The first-order chi connectivity index (χ1) is 15.1. The van der Waals surface area contributed by atoms with E-state index < -0.39 is 5.97 Å². The fourth-order valence-electron chi connectivity index (χ4n) is 5.52. The topological polar surface area (TPSA) is 115 Å². The molecular formula is C21H21ClN6O2S. The van der Waals surface area contributed by atoms with Crippen LogP contribution in [0.3, 0.4) is 0 Å². The molecule has 8 nitrogen and oxygen atoms in total. The Balaban J connectivity index is 1.38. The molecule has 4 aliphatic rings. The van der Waals surface area contributed by atoms with E-state index in [0.29, 0.717) is 28.1 Å². The molecule has 4 heterocycles. The zero-order valence-corrected chi connectivity index (χ0v) is 18.1. The molecule has 3 fully saturated rings. The summed E-state index contributed by atoms with van der Waals surface area (Å²) in [7, 11) is 0. The summed E-state index contributed by atoms with van der Waals surface area (Å²) in [6, 6.07) is 1.97. The summed E-state index contributed by atoms with van der Waals surface area (Å²) in [5, 5.41) is 20.3. The fourth-order valence-corrected chi connectivity index (χ4v) is 6.47. The van der Waals surface area contributed by atoms with Gasteiger partial charge in [-0.1, -0.05) is 11.6 Å². The minimum atomic E-state index is -0.697. The second-order valence-electron chi connectivity index (χ2n) is 8.53. The number of nitrogens with zero attached hydrogens (tertiary/aromatic N) is 3. The van der Waals surface area contributed by atoms with Gasteiger partial charge in [-0.25, -0.2) is 15.0 Å². The van der Waals surface area contributed by atoms with Crippen LogP contribution in [-0.2, 0) is 4.79 Å². The van der Waals surface area contributed by atoms with Gasteiger partial charge in [0.2, 0.25) is 0 Å². The van der Waals surface area contributed by atoms with E-state index in [1.807, 2.05) is 17.6 Å². The lowest BCUT2D eigenvalue weighted by atomic mass is 9.61. The second kappa shape index (κ2) is 7.29. The number of aromatic amines is 1. The van der Waals surface area contributed by atoms with Crippen LogP contribution in [0.15, 0.2) is 28.8 Å². The van der Waals surface area contributed by atoms with Crippen molar-refractivity contribution in [1.82, 2.24) is 20.3 Å². The van der Waals surface area contributed by atoms with Gasteiger partial charge in [0.15, 0.2) is 5.65 Å². The number of H-pyrrole nitrogens is 1. The van der Waals surface area contributed by atoms with Crippen LogP contribution in [0.25, 0.3) is 11.2 Å². The third kappa shape index (κ3) is 3.14. The Morgan fingerprint density at radius 1 is 1.26 bits per heavy atom. The molecule has 1 aliphatic heterocycles. The monoisotopic (exact) mass is 456 g/mol. The number of hydrogen-bond donors (Lipinski definition) is 4. The molecule has 3 saturated carbocycles. The van der Waals surface area contributed by atoms with Gasteiger partial charge in [0.1, 0.15) is 27.7 Å². The van der Waals surface area contributed by atoms with Crippen molar-refractivity contribution in [2.24, 2.45) is 22.7 Å². The number of carboxylic acid groups (broad SMARTS) is 1. The maximum atomic E-state index is 12.1. The summed E-state index contributed by atoms with van der Waals surface area (Å²) in [4.78, 5) is 28.9. The number of halogens is 1. The van der Waals surface area contributed by atoms with E-state index in [4.69, 9.17) is 16.6 Å². The van der Waals surface area contributed by atoms with Crippen molar-refractivity contribution in [2.45, 2.75) is 37.9 Å². The lowest BCUT2D eigenvalue weighted by molar-refractivity contribution is -0.150. The third-order valence-corrected chi connectivity index (χ3v) is 7.97. The van der Waals surface area contributed by atoms with Crippen molar-refractivity contribution in [3.05, 3.63) is 40.1 Å². The van der Waals surface area contributed by atoms with Crippen molar-refractivity contribution in [2.75, 3.05) is 5.32 Å². The molecule has 0 amide bonds. The molecule has 4 N–H and O–H groups in total. The number of aliphatic carboxylic acids is 1. The number of aliphatic imine (C=N–C) groups is 1. The molecule has 0 radical (unpaired) electrons. The highest BCUT2D eigenvalue weighted by molar-refractivity contribution is 7.14. The van der Waals surface area contributed by atoms with E-state index in [9.17, 15) is 9.90 Å². The van der Waals surface area contributed by atoms with Gasteiger partial charge in [0.05, 0.1) is 17.7 Å².